The van der Waals surface area contributed by atoms with Gasteiger partial charge in [0.2, 0.25) is 0 Å². The summed E-state index contributed by atoms with van der Waals surface area (Å²) in [4.78, 5) is 16.9. The first-order chi connectivity index (χ1) is 10.6. The minimum absolute atomic E-state index is 0.171. The van der Waals surface area contributed by atoms with Crippen molar-refractivity contribution < 1.29 is 4.79 Å². The molecule has 1 aromatic carbocycles. The molecule has 0 bridgehead atoms. The lowest BCUT2D eigenvalue weighted by molar-refractivity contribution is 0.102. The van der Waals surface area contributed by atoms with Crippen LogP contribution in [0.3, 0.4) is 0 Å². The molecule has 0 fully saturated rings. The van der Waals surface area contributed by atoms with Gasteiger partial charge >= 0.3 is 0 Å². The fraction of sp³-hybridized carbons (Fsp3) is 0.176. The first kappa shape index (κ1) is 14.6. The predicted octanol–water partition coefficient (Wildman–Crippen LogP) is 4.11. The third-order valence-corrected chi connectivity index (χ3v) is 3.87. The van der Waals surface area contributed by atoms with Gasteiger partial charge in [-0.25, -0.2) is 4.98 Å². The molecule has 0 aliphatic heterocycles. The van der Waals surface area contributed by atoms with E-state index in [1.54, 1.807) is 30.3 Å². The molecule has 0 aliphatic carbocycles. The zero-order valence-corrected chi connectivity index (χ0v) is 13.2. The number of imidazole rings is 1. The summed E-state index contributed by atoms with van der Waals surface area (Å²) in [7, 11) is 0. The van der Waals surface area contributed by atoms with Gasteiger partial charge < -0.3 is 9.72 Å². The maximum absolute atomic E-state index is 12.4. The zero-order chi connectivity index (χ0) is 15.7. The number of anilines is 1. The van der Waals surface area contributed by atoms with Gasteiger partial charge in [0.05, 0.1) is 11.3 Å². The maximum Gasteiger partial charge on any atom is 0.257 e. The molecular formula is C17H16ClN3O. The first-order valence-electron chi connectivity index (χ1n) is 7.13. The Balaban J connectivity index is 1.92. The van der Waals surface area contributed by atoms with E-state index in [0.717, 1.165) is 23.5 Å². The number of hydrogen-bond acceptors (Lipinski definition) is 2. The van der Waals surface area contributed by atoms with Crippen LogP contribution in [-0.4, -0.2) is 15.3 Å². The molecule has 112 valence electrons. The van der Waals surface area contributed by atoms with E-state index in [9.17, 15) is 4.79 Å². The second-order valence-corrected chi connectivity index (χ2v) is 5.54. The highest BCUT2D eigenvalue weighted by atomic mass is 35.5. The van der Waals surface area contributed by atoms with Gasteiger partial charge in [-0.3, -0.25) is 4.79 Å². The van der Waals surface area contributed by atoms with Gasteiger partial charge in [-0.1, -0.05) is 24.6 Å². The number of amides is 1. The Labute approximate surface area is 133 Å². The topological polar surface area (TPSA) is 46.4 Å². The smallest absolute Gasteiger partial charge is 0.257 e. The molecule has 2 aromatic heterocycles. The molecule has 1 amide bonds. The minimum Gasteiger partial charge on any atom is -0.322 e. The summed E-state index contributed by atoms with van der Waals surface area (Å²) in [5.41, 5.74) is 4.22. The van der Waals surface area contributed by atoms with E-state index in [2.05, 4.69) is 17.2 Å². The van der Waals surface area contributed by atoms with Crippen molar-refractivity contribution in [3.05, 3.63) is 64.6 Å². The predicted molar refractivity (Wildman–Crippen MR) is 88.7 cm³/mol. The minimum atomic E-state index is -0.171. The molecule has 0 spiro atoms. The van der Waals surface area contributed by atoms with Crippen molar-refractivity contribution in [2.75, 3.05) is 5.32 Å². The molecule has 1 N–H and O–H groups in total. The van der Waals surface area contributed by atoms with E-state index in [-0.39, 0.29) is 5.91 Å². The Hall–Kier alpha value is -2.33. The van der Waals surface area contributed by atoms with Crippen LogP contribution in [0, 0.1) is 6.92 Å². The molecular weight excluding hydrogens is 298 g/mol. The molecule has 0 saturated heterocycles. The van der Waals surface area contributed by atoms with E-state index in [0.29, 0.717) is 16.3 Å². The van der Waals surface area contributed by atoms with Crippen molar-refractivity contribution in [2.24, 2.45) is 0 Å². The number of nitrogens with zero attached hydrogens (tertiary/aromatic N) is 2. The van der Waals surface area contributed by atoms with Crippen molar-refractivity contribution in [1.82, 2.24) is 9.38 Å². The summed E-state index contributed by atoms with van der Waals surface area (Å²) >= 11 is 5.93. The summed E-state index contributed by atoms with van der Waals surface area (Å²) in [6.45, 7) is 4.08. The van der Waals surface area contributed by atoms with Crippen LogP contribution in [0.15, 0.2) is 42.6 Å². The summed E-state index contributed by atoms with van der Waals surface area (Å²) in [6.07, 6.45) is 2.69. The summed E-state index contributed by atoms with van der Waals surface area (Å²) in [5.74, 6) is -0.171. The fourth-order valence-corrected chi connectivity index (χ4v) is 2.64. The Kier molecular flexibility index (Phi) is 3.86. The van der Waals surface area contributed by atoms with Crippen molar-refractivity contribution in [3.8, 4) is 0 Å². The van der Waals surface area contributed by atoms with Crippen LogP contribution in [0.4, 0.5) is 5.69 Å². The Bertz CT molecular complexity index is 854. The molecule has 0 aliphatic rings. The maximum atomic E-state index is 12.4. The average molecular weight is 314 g/mol. The quantitative estimate of drug-likeness (QED) is 0.791. The van der Waals surface area contributed by atoms with Crippen LogP contribution in [0.1, 0.15) is 28.7 Å². The van der Waals surface area contributed by atoms with Crippen molar-refractivity contribution in [1.29, 1.82) is 0 Å². The van der Waals surface area contributed by atoms with Crippen LogP contribution in [0.5, 0.6) is 0 Å². The largest absolute Gasteiger partial charge is 0.322 e. The van der Waals surface area contributed by atoms with Gasteiger partial charge in [-0.2, -0.15) is 0 Å². The van der Waals surface area contributed by atoms with Crippen LogP contribution >= 0.6 is 11.6 Å². The highest BCUT2D eigenvalue weighted by molar-refractivity contribution is 6.30. The third kappa shape index (κ3) is 2.70. The number of aromatic nitrogens is 2. The highest BCUT2D eigenvalue weighted by Gasteiger charge is 2.11. The molecule has 5 heteroatoms. The van der Waals surface area contributed by atoms with E-state index in [1.807, 2.05) is 23.6 Å². The van der Waals surface area contributed by atoms with E-state index >= 15 is 0 Å². The lowest BCUT2D eigenvalue weighted by Crippen LogP contribution is -2.12. The number of fused-ring (bicyclic) bond motifs is 1. The SMILES string of the molecule is CCc1nc2ccc(C(=O)Nc3cccc(Cl)c3)cn2c1C. The molecule has 3 aromatic rings. The molecule has 22 heavy (non-hydrogen) atoms. The Morgan fingerprint density at radius 3 is 2.86 bits per heavy atom. The van der Waals surface area contributed by atoms with Gasteiger partial charge in [0.25, 0.3) is 5.91 Å². The molecule has 4 nitrogen and oxygen atoms in total. The van der Waals surface area contributed by atoms with Crippen molar-refractivity contribution >= 4 is 28.8 Å². The molecule has 0 radical (unpaired) electrons. The van der Waals surface area contributed by atoms with Crippen molar-refractivity contribution in [3.63, 3.8) is 0 Å². The number of halogens is 1. The van der Waals surface area contributed by atoms with Gasteiger partial charge in [-0.05, 0) is 43.7 Å². The van der Waals surface area contributed by atoms with Crippen LogP contribution < -0.4 is 5.32 Å². The summed E-state index contributed by atoms with van der Waals surface area (Å²) in [5, 5.41) is 3.44. The normalized spacial score (nSPS) is 10.9. The highest BCUT2D eigenvalue weighted by Crippen LogP contribution is 2.17. The lowest BCUT2D eigenvalue weighted by Gasteiger charge is -2.06. The molecule has 0 atom stereocenters. The molecule has 0 unspecified atom stereocenters. The summed E-state index contributed by atoms with van der Waals surface area (Å²) in [6, 6.07) is 10.7. The first-order valence-corrected chi connectivity index (χ1v) is 7.51. The Morgan fingerprint density at radius 1 is 1.32 bits per heavy atom. The molecule has 0 saturated carbocycles. The van der Waals surface area contributed by atoms with Gasteiger partial charge in [0, 0.05) is 22.6 Å². The average Bonchev–Trinajstić information content (AvgIpc) is 2.83. The Morgan fingerprint density at radius 2 is 2.14 bits per heavy atom. The molecule has 2 heterocycles. The lowest BCUT2D eigenvalue weighted by atomic mass is 10.2. The number of pyridine rings is 1. The molecule has 3 rings (SSSR count). The monoisotopic (exact) mass is 313 g/mol. The van der Waals surface area contributed by atoms with Gasteiger partial charge in [0.1, 0.15) is 5.65 Å². The number of benzene rings is 1. The third-order valence-electron chi connectivity index (χ3n) is 3.64. The summed E-state index contributed by atoms with van der Waals surface area (Å²) < 4.78 is 1.95. The van der Waals surface area contributed by atoms with E-state index in [4.69, 9.17) is 11.6 Å². The number of aryl methyl sites for hydroxylation is 2. The fourth-order valence-electron chi connectivity index (χ4n) is 2.45. The van der Waals surface area contributed by atoms with E-state index in [1.165, 1.54) is 0 Å². The van der Waals surface area contributed by atoms with Crippen LogP contribution in [-0.2, 0) is 6.42 Å². The number of carbonyl (C=O) groups is 1. The van der Waals surface area contributed by atoms with Gasteiger partial charge in [-0.15, -0.1) is 0 Å². The standard InChI is InChI=1S/C17H16ClN3O/c1-3-15-11(2)21-10-12(7-8-16(21)20-15)17(22)19-14-6-4-5-13(18)9-14/h4-10H,3H2,1-2H3,(H,19,22). The van der Waals surface area contributed by atoms with Crippen LogP contribution in [0.25, 0.3) is 5.65 Å². The second-order valence-electron chi connectivity index (χ2n) is 5.11. The number of rotatable bonds is 3. The number of hydrogen-bond donors (Lipinski definition) is 1. The zero-order valence-electron chi connectivity index (χ0n) is 12.4. The van der Waals surface area contributed by atoms with Crippen LogP contribution in [0.2, 0.25) is 5.02 Å². The number of carbonyl (C=O) groups excluding carboxylic acids is 1. The van der Waals surface area contributed by atoms with Gasteiger partial charge in [0.15, 0.2) is 0 Å². The second kappa shape index (κ2) is 5.81. The van der Waals surface area contributed by atoms with Crippen molar-refractivity contribution in [2.45, 2.75) is 20.3 Å². The van der Waals surface area contributed by atoms with E-state index < -0.39 is 0 Å². The number of nitrogens with one attached hydrogen (secondary N) is 1.